The maximum Gasteiger partial charge on any atom is 0.416 e. The lowest BCUT2D eigenvalue weighted by Gasteiger charge is -2.24. The third kappa shape index (κ3) is 4.51. The number of hydrogen-bond acceptors (Lipinski definition) is 5. The van der Waals surface area contributed by atoms with Crippen LogP contribution in [0, 0.1) is 0 Å². The standard InChI is InChI=1S/C21H18F3NO4S/c1-30-10-9-17(25-18(26)15-7-2-3-8-16(15)19(25)27)20(28)29-12-13-5-4-6-14(11-13)21(22,23)24/h2-8,11,17H,9-10,12H2,1H3/t17-/m0/s1. The van der Waals surface area contributed by atoms with Crippen LogP contribution < -0.4 is 0 Å². The van der Waals surface area contributed by atoms with Crippen LogP contribution in [0.2, 0.25) is 0 Å². The van der Waals surface area contributed by atoms with Crippen molar-refractivity contribution in [3.8, 4) is 0 Å². The predicted molar refractivity (Wildman–Crippen MR) is 105 cm³/mol. The molecule has 0 radical (unpaired) electrons. The minimum atomic E-state index is -4.51. The summed E-state index contributed by atoms with van der Waals surface area (Å²) in [5, 5.41) is 0. The lowest BCUT2D eigenvalue weighted by Crippen LogP contribution is -2.46. The highest BCUT2D eigenvalue weighted by Gasteiger charge is 2.43. The Hall–Kier alpha value is -2.81. The molecule has 5 nitrogen and oxygen atoms in total. The summed E-state index contributed by atoms with van der Waals surface area (Å²) in [6.45, 7) is -0.401. The van der Waals surface area contributed by atoms with Crippen LogP contribution in [0.5, 0.6) is 0 Å². The number of carbonyl (C=O) groups is 3. The van der Waals surface area contributed by atoms with Gasteiger partial charge in [-0.15, -0.1) is 0 Å². The Balaban J connectivity index is 1.77. The fourth-order valence-electron chi connectivity index (χ4n) is 3.16. The number of ether oxygens (including phenoxy) is 1. The summed E-state index contributed by atoms with van der Waals surface area (Å²) in [6.07, 6.45) is -2.53. The van der Waals surface area contributed by atoms with Crippen molar-refractivity contribution < 1.29 is 32.3 Å². The molecule has 2 aromatic rings. The molecule has 0 aromatic heterocycles. The average Bonchev–Trinajstić information content (AvgIpc) is 2.97. The summed E-state index contributed by atoms with van der Waals surface area (Å²) in [5.41, 5.74) is -0.274. The number of nitrogens with zero attached hydrogens (tertiary/aromatic N) is 1. The number of esters is 1. The van der Waals surface area contributed by atoms with E-state index in [9.17, 15) is 27.6 Å². The third-order valence-corrected chi connectivity index (χ3v) is 5.28. The van der Waals surface area contributed by atoms with Crippen LogP contribution in [0.15, 0.2) is 48.5 Å². The Labute approximate surface area is 175 Å². The monoisotopic (exact) mass is 437 g/mol. The van der Waals surface area contributed by atoms with Crippen LogP contribution in [0.4, 0.5) is 13.2 Å². The average molecular weight is 437 g/mol. The van der Waals surface area contributed by atoms with Gasteiger partial charge in [-0.25, -0.2) is 4.79 Å². The summed E-state index contributed by atoms with van der Waals surface area (Å²) in [5.74, 6) is -1.53. The Morgan fingerprint density at radius 1 is 1.07 bits per heavy atom. The first-order valence-electron chi connectivity index (χ1n) is 9.02. The quantitative estimate of drug-likeness (QED) is 0.481. The molecule has 0 saturated heterocycles. The fourth-order valence-corrected chi connectivity index (χ4v) is 3.62. The van der Waals surface area contributed by atoms with Gasteiger partial charge in [-0.05, 0) is 48.3 Å². The first-order chi connectivity index (χ1) is 14.2. The van der Waals surface area contributed by atoms with E-state index in [4.69, 9.17) is 4.74 Å². The molecule has 2 aromatic carbocycles. The zero-order valence-electron chi connectivity index (χ0n) is 15.9. The fraction of sp³-hybridized carbons (Fsp3) is 0.286. The second kappa shape index (κ2) is 8.91. The Morgan fingerprint density at radius 3 is 2.27 bits per heavy atom. The Kier molecular flexibility index (Phi) is 6.50. The number of imide groups is 1. The number of rotatable bonds is 7. The largest absolute Gasteiger partial charge is 0.459 e. The highest BCUT2D eigenvalue weighted by atomic mass is 32.2. The molecular weight excluding hydrogens is 419 g/mol. The van der Waals surface area contributed by atoms with E-state index in [1.165, 1.54) is 36.0 Å². The number of benzene rings is 2. The SMILES string of the molecule is CSCC[C@@H](C(=O)OCc1cccc(C(F)(F)F)c1)N1C(=O)c2ccccc2C1=O. The number of alkyl halides is 3. The zero-order valence-corrected chi connectivity index (χ0v) is 16.8. The summed E-state index contributed by atoms with van der Waals surface area (Å²) in [6, 6.07) is 9.55. The maximum atomic E-state index is 12.9. The van der Waals surface area contributed by atoms with Crippen molar-refractivity contribution in [2.75, 3.05) is 12.0 Å². The maximum absolute atomic E-state index is 12.9. The lowest BCUT2D eigenvalue weighted by atomic mass is 10.1. The molecule has 1 aliphatic rings. The Morgan fingerprint density at radius 2 is 1.70 bits per heavy atom. The number of halogens is 3. The van der Waals surface area contributed by atoms with Crippen molar-refractivity contribution in [1.82, 2.24) is 4.90 Å². The highest BCUT2D eigenvalue weighted by molar-refractivity contribution is 7.98. The van der Waals surface area contributed by atoms with Gasteiger partial charge >= 0.3 is 12.1 Å². The van der Waals surface area contributed by atoms with E-state index in [2.05, 4.69) is 0 Å². The van der Waals surface area contributed by atoms with Gasteiger partial charge in [0.05, 0.1) is 16.7 Å². The molecule has 1 heterocycles. The van der Waals surface area contributed by atoms with E-state index in [1.807, 2.05) is 6.26 Å². The van der Waals surface area contributed by atoms with E-state index in [1.54, 1.807) is 12.1 Å². The highest BCUT2D eigenvalue weighted by Crippen LogP contribution is 2.30. The molecule has 30 heavy (non-hydrogen) atoms. The summed E-state index contributed by atoms with van der Waals surface area (Å²) in [4.78, 5) is 39.0. The molecule has 0 fully saturated rings. The molecule has 9 heteroatoms. The first-order valence-corrected chi connectivity index (χ1v) is 10.4. The van der Waals surface area contributed by atoms with Crippen molar-refractivity contribution in [2.24, 2.45) is 0 Å². The molecule has 0 N–H and O–H groups in total. The molecule has 0 unspecified atom stereocenters. The number of hydrogen-bond donors (Lipinski definition) is 0. The van der Waals surface area contributed by atoms with Crippen molar-refractivity contribution in [2.45, 2.75) is 25.2 Å². The summed E-state index contributed by atoms with van der Waals surface area (Å²) in [7, 11) is 0. The van der Waals surface area contributed by atoms with Crippen LogP contribution >= 0.6 is 11.8 Å². The molecule has 1 atom stereocenters. The van der Waals surface area contributed by atoms with Gasteiger partial charge < -0.3 is 4.74 Å². The molecule has 0 aliphatic carbocycles. The van der Waals surface area contributed by atoms with Gasteiger partial charge in [-0.3, -0.25) is 14.5 Å². The second-order valence-electron chi connectivity index (χ2n) is 6.63. The molecule has 0 bridgehead atoms. The zero-order chi connectivity index (χ0) is 21.9. The van der Waals surface area contributed by atoms with Crippen LogP contribution in [0.3, 0.4) is 0 Å². The number of carbonyl (C=O) groups excluding carboxylic acids is 3. The van der Waals surface area contributed by atoms with Gasteiger partial charge in [0.1, 0.15) is 12.6 Å². The minimum absolute atomic E-state index is 0.157. The number of amides is 2. The third-order valence-electron chi connectivity index (χ3n) is 4.64. The normalized spacial score (nSPS) is 14.6. The van der Waals surface area contributed by atoms with Gasteiger partial charge in [0.25, 0.3) is 11.8 Å². The van der Waals surface area contributed by atoms with Gasteiger partial charge in [-0.2, -0.15) is 24.9 Å². The van der Waals surface area contributed by atoms with Gasteiger partial charge in [-0.1, -0.05) is 24.3 Å². The van der Waals surface area contributed by atoms with Crippen LogP contribution in [-0.2, 0) is 22.3 Å². The van der Waals surface area contributed by atoms with Gasteiger partial charge in [0, 0.05) is 0 Å². The molecule has 2 amide bonds. The first kappa shape index (κ1) is 21.9. The smallest absolute Gasteiger partial charge is 0.416 e. The molecule has 0 saturated carbocycles. The minimum Gasteiger partial charge on any atom is -0.459 e. The second-order valence-corrected chi connectivity index (χ2v) is 7.61. The van der Waals surface area contributed by atoms with Crippen LogP contribution in [0.25, 0.3) is 0 Å². The van der Waals surface area contributed by atoms with Gasteiger partial charge in [0.2, 0.25) is 0 Å². The van der Waals surface area contributed by atoms with Crippen molar-refractivity contribution in [1.29, 1.82) is 0 Å². The molecule has 1 aliphatic heterocycles. The van der Waals surface area contributed by atoms with E-state index < -0.39 is 42.2 Å². The van der Waals surface area contributed by atoms with E-state index in [0.29, 0.717) is 5.75 Å². The predicted octanol–water partition coefficient (Wildman–Crippen LogP) is 4.17. The van der Waals surface area contributed by atoms with E-state index in [-0.39, 0.29) is 23.1 Å². The summed E-state index contributed by atoms with van der Waals surface area (Å²) >= 11 is 1.43. The van der Waals surface area contributed by atoms with Crippen molar-refractivity contribution in [3.05, 3.63) is 70.8 Å². The molecule has 3 rings (SSSR count). The van der Waals surface area contributed by atoms with Gasteiger partial charge in [0.15, 0.2) is 0 Å². The molecular formula is C21H18F3NO4S. The molecule has 158 valence electrons. The van der Waals surface area contributed by atoms with Crippen LogP contribution in [0.1, 0.15) is 38.3 Å². The van der Waals surface area contributed by atoms with Crippen molar-refractivity contribution in [3.63, 3.8) is 0 Å². The van der Waals surface area contributed by atoms with E-state index in [0.717, 1.165) is 17.0 Å². The van der Waals surface area contributed by atoms with Crippen LogP contribution in [-0.4, -0.2) is 40.7 Å². The lowest BCUT2D eigenvalue weighted by molar-refractivity contribution is -0.149. The van der Waals surface area contributed by atoms with E-state index >= 15 is 0 Å². The number of thioether (sulfide) groups is 1. The Bertz CT molecular complexity index is 942. The number of fused-ring (bicyclic) bond motifs is 1. The molecule has 0 spiro atoms. The summed E-state index contributed by atoms with van der Waals surface area (Å²) < 4.78 is 43.8. The topological polar surface area (TPSA) is 63.7 Å². The van der Waals surface area contributed by atoms with Crippen molar-refractivity contribution >= 4 is 29.5 Å².